The van der Waals surface area contributed by atoms with E-state index in [0.717, 1.165) is 29.7 Å². The third-order valence-electron chi connectivity index (χ3n) is 3.20. The smallest absolute Gasteiger partial charge is 0.255 e. The second-order valence-corrected chi connectivity index (χ2v) is 4.29. The summed E-state index contributed by atoms with van der Waals surface area (Å²) in [7, 11) is 0. The number of para-hydroxylation sites is 1. The lowest BCUT2D eigenvalue weighted by Gasteiger charge is -2.19. The van der Waals surface area contributed by atoms with Crippen LogP contribution < -0.4 is 0 Å². The highest BCUT2D eigenvalue weighted by Gasteiger charge is 2.16. The number of hydrogen-bond donors (Lipinski definition) is 0. The van der Waals surface area contributed by atoms with E-state index in [2.05, 4.69) is 4.98 Å². The van der Waals surface area contributed by atoms with Gasteiger partial charge in [0, 0.05) is 18.5 Å². The molecule has 0 aliphatic carbocycles. The van der Waals surface area contributed by atoms with Crippen LogP contribution in [-0.2, 0) is 0 Å². The number of nitrogens with zero attached hydrogens (tertiary/aromatic N) is 2. The van der Waals surface area contributed by atoms with Crippen LogP contribution in [0.3, 0.4) is 0 Å². The molecule has 1 amide bonds. The van der Waals surface area contributed by atoms with Crippen LogP contribution in [0.15, 0.2) is 30.3 Å². The number of pyridine rings is 1. The molecule has 1 aromatic carbocycles. The van der Waals surface area contributed by atoms with E-state index in [1.54, 1.807) is 0 Å². The van der Waals surface area contributed by atoms with E-state index >= 15 is 0 Å². The van der Waals surface area contributed by atoms with Crippen molar-refractivity contribution in [1.29, 1.82) is 0 Å². The molecular weight excluding hydrogens is 224 g/mol. The summed E-state index contributed by atoms with van der Waals surface area (Å²) in [5, 5.41) is 1.01. The van der Waals surface area contributed by atoms with Crippen molar-refractivity contribution in [2.24, 2.45) is 0 Å². The van der Waals surface area contributed by atoms with Crippen molar-refractivity contribution in [2.75, 3.05) is 13.1 Å². The zero-order valence-corrected chi connectivity index (χ0v) is 11.1. The molecule has 0 bridgehead atoms. The van der Waals surface area contributed by atoms with Gasteiger partial charge in [-0.05, 0) is 32.9 Å². The molecule has 0 spiro atoms. The van der Waals surface area contributed by atoms with Crippen molar-refractivity contribution in [3.05, 3.63) is 41.6 Å². The Morgan fingerprint density at radius 3 is 2.56 bits per heavy atom. The normalized spacial score (nSPS) is 10.6. The molecule has 0 saturated heterocycles. The number of benzene rings is 1. The fourth-order valence-electron chi connectivity index (χ4n) is 2.11. The van der Waals surface area contributed by atoms with E-state index in [-0.39, 0.29) is 5.91 Å². The summed E-state index contributed by atoms with van der Waals surface area (Å²) in [6, 6.07) is 9.82. The van der Waals surface area contributed by atoms with Crippen molar-refractivity contribution >= 4 is 16.8 Å². The molecule has 3 heteroatoms. The average Bonchev–Trinajstić information content (AvgIpc) is 2.39. The highest BCUT2D eigenvalue weighted by atomic mass is 16.2. The van der Waals surface area contributed by atoms with Crippen LogP contribution >= 0.6 is 0 Å². The van der Waals surface area contributed by atoms with E-state index in [1.165, 1.54) is 0 Å². The van der Waals surface area contributed by atoms with Crippen LogP contribution in [0, 0.1) is 6.92 Å². The minimum Gasteiger partial charge on any atom is -0.339 e. The number of amides is 1. The molecule has 3 nitrogen and oxygen atoms in total. The standard InChI is InChI=1S/C15H18N2O/c1-4-17(5-2)15(18)13-10-12-8-6-7-9-14(12)16-11(13)3/h6-10H,4-5H2,1-3H3. The molecular formula is C15H18N2O. The molecule has 0 radical (unpaired) electrons. The summed E-state index contributed by atoms with van der Waals surface area (Å²) in [6.07, 6.45) is 0. The average molecular weight is 242 g/mol. The summed E-state index contributed by atoms with van der Waals surface area (Å²) in [5.41, 5.74) is 2.44. The third kappa shape index (κ3) is 2.21. The molecule has 1 aromatic heterocycles. The molecule has 1 heterocycles. The monoisotopic (exact) mass is 242 g/mol. The summed E-state index contributed by atoms with van der Waals surface area (Å²) < 4.78 is 0. The number of aryl methyl sites for hydroxylation is 1. The molecule has 2 rings (SSSR count). The Bertz CT molecular complexity index is 574. The number of rotatable bonds is 3. The first-order valence-corrected chi connectivity index (χ1v) is 6.33. The van der Waals surface area contributed by atoms with Crippen molar-refractivity contribution in [2.45, 2.75) is 20.8 Å². The van der Waals surface area contributed by atoms with Crippen LogP contribution in [0.5, 0.6) is 0 Å². The summed E-state index contributed by atoms with van der Waals surface area (Å²) in [4.78, 5) is 18.7. The van der Waals surface area contributed by atoms with Gasteiger partial charge in [-0.1, -0.05) is 18.2 Å². The minimum absolute atomic E-state index is 0.0655. The van der Waals surface area contributed by atoms with E-state index < -0.39 is 0 Å². The first-order valence-electron chi connectivity index (χ1n) is 6.33. The van der Waals surface area contributed by atoms with Gasteiger partial charge in [-0.25, -0.2) is 0 Å². The number of aromatic nitrogens is 1. The zero-order valence-electron chi connectivity index (χ0n) is 11.1. The SMILES string of the molecule is CCN(CC)C(=O)c1cc2ccccc2nc1C. The maximum Gasteiger partial charge on any atom is 0.255 e. The predicted octanol–water partition coefficient (Wildman–Crippen LogP) is 3.03. The van der Waals surface area contributed by atoms with Gasteiger partial charge in [0.2, 0.25) is 0 Å². The largest absolute Gasteiger partial charge is 0.339 e. The second kappa shape index (κ2) is 5.17. The molecule has 0 unspecified atom stereocenters. The number of hydrogen-bond acceptors (Lipinski definition) is 2. The van der Waals surface area contributed by atoms with Crippen molar-refractivity contribution in [3.63, 3.8) is 0 Å². The Morgan fingerprint density at radius 2 is 1.89 bits per heavy atom. The molecule has 0 fully saturated rings. The maximum atomic E-state index is 12.4. The molecule has 94 valence electrons. The van der Waals surface area contributed by atoms with Crippen molar-refractivity contribution in [1.82, 2.24) is 9.88 Å². The van der Waals surface area contributed by atoms with Gasteiger partial charge >= 0.3 is 0 Å². The molecule has 0 aliphatic rings. The fraction of sp³-hybridized carbons (Fsp3) is 0.333. The summed E-state index contributed by atoms with van der Waals surface area (Å²) >= 11 is 0. The Labute approximate surface area is 107 Å². The maximum absolute atomic E-state index is 12.4. The van der Waals surface area contributed by atoms with Crippen molar-refractivity contribution < 1.29 is 4.79 Å². The van der Waals surface area contributed by atoms with Gasteiger partial charge in [0.15, 0.2) is 0 Å². The van der Waals surface area contributed by atoms with Gasteiger partial charge in [0.05, 0.1) is 16.8 Å². The number of carbonyl (C=O) groups excluding carboxylic acids is 1. The second-order valence-electron chi connectivity index (χ2n) is 4.29. The summed E-state index contributed by atoms with van der Waals surface area (Å²) in [5.74, 6) is 0.0655. The van der Waals surface area contributed by atoms with Gasteiger partial charge < -0.3 is 4.90 Å². The van der Waals surface area contributed by atoms with Crippen LogP contribution in [0.25, 0.3) is 10.9 Å². The summed E-state index contributed by atoms with van der Waals surface area (Å²) in [6.45, 7) is 7.32. The van der Waals surface area contributed by atoms with E-state index in [0.29, 0.717) is 5.56 Å². The van der Waals surface area contributed by atoms with E-state index in [9.17, 15) is 4.79 Å². The Kier molecular flexibility index (Phi) is 3.60. The first-order chi connectivity index (χ1) is 8.67. The Hall–Kier alpha value is -1.90. The molecule has 2 aromatic rings. The van der Waals surface area contributed by atoms with Gasteiger partial charge in [-0.15, -0.1) is 0 Å². The lowest BCUT2D eigenvalue weighted by atomic mass is 10.1. The third-order valence-corrected chi connectivity index (χ3v) is 3.20. The molecule has 0 aliphatic heterocycles. The van der Waals surface area contributed by atoms with Crippen LogP contribution in [0.4, 0.5) is 0 Å². The molecule has 18 heavy (non-hydrogen) atoms. The molecule has 0 atom stereocenters. The lowest BCUT2D eigenvalue weighted by Crippen LogP contribution is -2.31. The van der Waals surface area contributed by atoms with Crippen LogP contribution in [-0.4, -0.2) is 28.9 Å². The van der Waals surface area contributed by atoms with E-state index in [4.69, 9.17) is 0 Å². The van der Waals surface area contributed by atoms with Gasteiger partial charge in [-0.2, -0.15) is 0 Å². The van der Waals surface area contributed by atoms with Crippen LogP contribution in [0.2, 0.25) is 0 Å². The minimum atomic E-state index is 0.0655. The number of fused-ring (bicyclic) bond motifs is 1. The van der Waals surface area contributed by atoms with E-state index in [1.807, 2.05) is 56.0 Å². The van der Waals surface area contributed by atoms with Gasteiger partial charge in [0.1, 0.15) is 0 Å². The Balaban J connectivity index is 2.50. The van der Waals surface area contributed by atoms with Crippen molar-refractivity contribution in [3.8, 4) is 0 Å². The topological polar surface area (TPSA) is 33.2 Å². The number of carbonyl (C=O) groups is 1. The molecule has 0 saturated carbocycles. The highest BCUT2D eigenvalue weighted by molar-refractivity contribution is 5.98. The van der Waals surface area contributed by atoms with Gasteiger partial charge in [-0.3, -0.25) is 9.78 Å². The van der Waals surface area contributed by atoms with Gasteiger partial charge in [0.25, 0.3) is 5.91 Å². The molecule has 0 N–H and O–H groups in total. The first kappa shape index (κ1) is 12.6. The fourth-order valence-corrected chi connectivity index (χ4v) is 2.11. The highest BCUT2D eigenvalue weighted by Crippen LogP contribution is 2.17. The zero-order chi connectivity index (χ0) is 13.1. The van der Waals surface area contributed by atoms with Crippen LogP contribution in [0.1, 0.15) is 29.9 Å². The predicted molar refractivity (Wildman–Crippen MR) is 73.7 cm³/mol. The quantitative estimate of drug-likeness (QED) is 0.829. The lowest BCUT2D eigenvalue weighted by molar-refractivity contribution is 0.0772. The Morgan fingerprint density at radius 1 is 1.22 bits per heavy atom.